The van der Waals surface area contributed by atoms with Crippen LogP contribution in [-0.4, -0.2) is 14.7 Å². The first-order valence-electron chi connectivity index (χ1n) is 3.93. The molecule has 0 aliphatic carbocycles. The Hall–Kier alpha value is 0.558. The molecular formula is C8H19As. The van der Waals surface area contributed by atoms with Crippen molar-refractivity contribution in [3.8, 4) is 0 Å². The van der Waals surface area contributed by atoms with Gasteiger partial charge in [-0.15, -0.1) is 0 Å². The maximum absolute atomic E-state index is 2.35. The first-order valence-corrected chi connectivity index (χ1v) is 7.91. The zero-order valence-corrected chi connectivity index (χ0v) is 9.02. The molecule has 0 heterocycles. The van der Waals surface area contributed by atoms with E-state index in [2.05, 4.69) is 27.7 Å². The molecule has 1 heteroatoms. The fraction of sp³-hybridized carbons (Fsp3) is 1.00. The van der Waals surface area contributed by atoms with Crippen LogP contribution >= 0.6 is 0 Å². The molecule has 0 aliphatic heterocycles. The predicted octanol–water partition coefficient (Wildman–Crippen LogP) is 3.18. The molecule has 0 rings (SSSR count). The van der Waals surface area contributed by atoms with Crippen LogP contribution in [0.25, 0.3) is 0 Å². The molecule has 0 aromatic heterocycles. The van der Waals surface area contributed by atoms with Gasteiger partial charge in [-0.05, 0) is 0 Å². The summed E-state index contributed by atoms with van der Waals surface area (Å²) in [6.07, 6.45) is 0. The summed E-state index contributed by atoms with van der Waals surface area (Å²) >= 11 is -0.311. The Balaban J connectivity index is 3.31. The van der Waals surface area contributed by atoms with Crippen LogP contribution in [-0.2, 0) is 0 Å². The van der Waals surface area contributed by atoms with Gasteiger partial charge in [0.1, 0.15) is 0 Å². The van der Waals surface area contributed by atoms with Crippen LogP contribution in [0.3, 0.4) is 0 Å². The number of rotatable bonds is 4. The van der Waals surface area contributed by atoms with Gasteiger partial charge in [0.15, 0.2) is 0 Å². The fourth-order valence-corrected chi connectivity index (χ4v) is 5.19. The second-order valence-electron chi connectivity index (χ2n) is 2.88. The van der Waals surface area contributed by atoms with E-state index >= 15 is 0 Å². The molecule has 0 saturated heterocycles. The summed E-state index contributed by atoms with van der Waals surface area (Å²) < 4.78 is 0. The van der Waals surface area contributed by atoms with Gasteiger partial charge in [0, 0.05) is 0 Å². The predicted molar refractivity (Wildman–Crippen MR) is 46.4 cm³/mol. The van der Waals surface area contributed by atoms with Crippen molar-refractivity contribution in [1.82, 2.24) is 0 Å². The zero-order valence-electron chi connectivity index (χ0n) is 7.15. The summed E-state index contributed by atoms with van der Waals surface area (Å²) in [7, 11) is 0. The van der Waals surface area contributed by atoms with E-state index in [-0.39, 0.29) is 14.7 Å². The molecule has 0 aliphatic rings. The third-order valence-corrected chi connectivity index (χ3v) is 7.89. The molecule has 0 atom stereocenters. The van der Waals surface area contributed by atoms with Crippen LogP contribution in [0.15, 0.2) is 0 Å². The Kier molecular flexibility index (Phi) is 5.68. The second kappa shape index (κ2) is 5.35. The fourth-order valence-electron chi connectivity index (χ4n) is 0.998. The summed E-state index contributed by atoms with van der Waals surface area (Å²) in [5.41, 5.74) is 0. The first kappa shape index (κ1) is 9.56. The normalized spacial score (nSPS) is 11.3. The van der Waals surface area contributed by atoms with Gasteiger partial charge in [-0.25, -0.2) is 0 Å². The summed E-state index contributed by atoms with van der Waals surface area (Å²) in [6.45, 7) is 9.39. The first-order chi connectivity index (χ1) is 4.20. The van der Waals surface area contributed by atoms with Gasteiger partial charge >= 0.3 is 63.9 Å². The van der Waals surface area contributed by atoms with Gasteiger partial charge in [0.05, 0.1) is 0 Å². The molecule has 0 aromatic carbocycles. The van der Waals surface area contributed by atoms with Crippen molar-refractivity contribution in [3.63, 3.8) is 0 Å². The van der Waals surface area contributed by atoms with E-state index in [0.29, 0.717) is 0 Å². The Morgan fingerprint density at radius 1 is 1.11 bits per heavy atom. The van der Waals surface area contributed by atoms with Gasteiger partial charge < -0.3 is 0 Å². The average molecular weight is 190 g/mol. The molecule has 9 heavy (non-hydrogen) atoms. The molecule has 0 radical (unpaired) electrons. The van der Waals surface area contributed by atoms with Crippen LogP contribution in [0, 0.1) is 5.92 Å². The van der Waals surface area contributed by atoms with E-state index < -0.39 is 0 Å². The van der Waals surface area contributed by atoms with Crippen molar-refractivity contribution in [2.75, 3.05) is 0 Å². The van der Waals surface area contributed by atoms with Crippen molar-refractivity contribution in [2.45, 2.75) is 43.3 Å². The van der Waals surface area contributed by atoms with Gasteiger partial charge in [0.2, 0.25) is 0 Å². The monoisotopic (exact) mass is 190 g/mol. The maximum atomic E-state index is 2.35. The molecule has 0 aromatic rings. The standard InChI is InChI=1S/C8H19As/c1-5-9(6-2)7-8(3)4/h8H,5-7H2,1-4H3. The molecule has 0 fully saturated rings. The summed E-state index contributed by atoms with van der Waals surface area (Å²) in [4.78, 5) is 0. The molecule has 56 valence electrons. The Bertz CT molecular complexity index is 55.6. The average Bonchev–Trinajstić information content (AvgIpc) is 1.82. The number of hydrogen-bond acceptors (Lipinski definition) is 0. The van der Waals surface area contributed by atoms with E-state index in [4.69, 9.17) is 0 Å². The van der Waals surface area contributed by atoms with Gasteiger partial charge in [-0.3, -0.25) is 0 Å². The van der Waals surface area contributed by atoms with Crippen LogP contribution in [0.1, 0.15) is 27.7 Å². The summed E-state index contributed by atoms with van der Waals surface area (Å²) in [6, 6.07) is 0. The van der Waals surface area contributed by atoms with Crippen molar-refractivity contribution < 1.29 is 0 Å². The third kappa shape index (κ3) is 5.03. The molecule has 0 unspecified atom stereocenters. The molecule has 0 spiro atoms. The third-order valence-electron chi connectivity index (χ3n) is 1.52. The van der Waals surface area contributed by atoms with Crippen LogP contribution < -0.4 is 0 Å². The second-order valence-corrected chi connectivity index (χ2v) is 9.11. The molecule has 0 amide bonds. The SMILES string of the molecule is CC[As](CC)CC(C)C. The Morgan fingerprint density at radius 3 is 1.67 bits per heavy atom. The van der Waals surface area contributed by atoms with Crippen LogP contribution in [0.2, 0.25) is 15.6 Å². The zero-order chi connectivity index (χ0) is 7.28. The van der Waals surface area contributed by atoms with Crippen molar-refractivity contribution in [2.24, 2.45) is 5.92 Å². The van der Waals surface area contributed by atoms with Crippen molar-refractivity contribution >= 4 is 14.7 Å². The minimum atomic E-state index is -0.311. The Labute approximate surface area is 64.3 Å². The quantitative estimate of drug-likeness (QED) is 0.597. The molecule has 0 N–H and O–H groups in total. The van der Waals surface area contributed by atoms with E-state index in [0.717, 1.165) is 5.92 Å². The van der Waals surface area contributed by atoms with Crippen LogP contribution in [0.5, 0.6) is 0 Å². The van der Waals surface area contributed by atoms with E-state index in [1.165, 1.54) is 10.4 Å². The van der Waals surface area contributed by atoms with E-state index in [9.17, 15) is 0 Å². The van der Waals surface area contributed by atoms with Crippen molar-refractivity contribution in [3.05, 3.63) is 0 Å². The topological polar surface area (TPSA) is 0 Å². The van der Waals surface area contributed by atoms with Gasteiger partial charge in [-0.2, -0.15) is 0 Å². The van der Waals surface area contributed by atoms with Crippen LogP contribution in [0.4, 0.5) is 0 Å². The van der Waals surface area contributed by atoms with Gasteiger partial charge in [-0.1, -0.05) is 0 Å². The number of hydrogen-bond donors (Lipinski definition) is 0. The van der Waals surface area contributed by atoms with E-state index in [1.54, 1.807) is 5.21 Å². The molecular weight excluding hydrogens is 171 g/mol. The summed E-state index contributed by atoms with van der Waals surface area (Å²) in [5, 5.41) is 4.56. The minimum absolute atomic E-state index is 0.311. The summed E-state index contributed by atoms with van der Waals surface area (Å²) in [5.74, 6) is 0.949. The van der Waals surface area contributed by atoms with E-state index in [1.807, 2.05) is 0 Å². The van der Waals surface area contributed by atoms with Crippen molar-refractivity contribution in [1.29, 1.82) is 0 Å². The Morgan fingerprint density at radius 2 is 1.56 bits per heavy atom. The molecule has 0 saturated carbocycles. The van der Waals surface area contributed by atoms with Gasteiger partial charge in [0.25, 0.3) is 0 Å². The molecule has 0 nitrogen and oxygen atoms in total. The molecule has 0 bridgehead atoms.